The monoisotopic (exact) mass is 183 g/mol. The van der Waals surface area contributed by atoms with Crippen LogP contribution >= 0.6 is 0 Å². The summed E-state index contributed by atoms with van der Waals surface area (Å²) in [6.45, 7) is 2.61. The van der Waals surface area contributed by atoms with Crippen LogP contribution < -0.4 is 5.73 Å². The van der Waals surface area contributed by atoms with Crippen molar-refractivity contribution in [2.75, 3.05) is 7.11 Å². The van der Waals surface area contributed by atoms with E-state index in [0.29, 0.717) is 6.61 Å². The molecule has 13 heavy (non-hydrogen) atoms. The molecule has 0 aliphatic heterocycles. The predicted octanol–water partition coefficient (Wildman–Crippen LogP) is 1.71. The van der Waals surface area contributed by atoms with Gasteiger partial charge >= 0.3 is 0 Å². The van der Waals surface area contributed by atoms with Gasteiger partial charge in [0, 0.05) is 25.1 Å². The van der Waals surface area contributed by atoms with E-state index in [9.17, 15) is 0 Å². The average molecular weight is 183 g/mol. The van der Waals surface area contributed by atoms with Gasteiger partial charge in [-0.15, -0.1) is 0 Å². The number of hydrogen-bond acceptors (Lipinski definition) is 3. The Labute approximate surface area is 78.9 Å². The molecule has 74 valence electrons. The second-order valence-corrected chi connectivity index (χ2v) is 3.32. The normalized spacial score (nSPS) is 13.2. The smallest absolute Gasteiger partial charge is 0.109 e. The molecule has 1 aromatic rings. The first-order chi connectivity index (χ1) is 6.24. The van der Waals surface area contributed by atoms with E-state index in [0.717, 1.165) is 24.2 Å². The molecule has 1 heterocycles. The molecule has 0 aromatic carbocycles. The molecule has 1 aromatic heterocycles. The summed E-state index contributed by atoms with van der Waals surface area (Å²) in [5, 5.41) is 0. The van der Waals surface area contributed by atoms with Crippen molar-refractivity contribution in [1.82, 2.24) is 0 Å². The predicted molar refractivity (Wildman–Crippen MR) is 51.4 cm³/mol. The number of methoxy groups -OCH3 is 1. The third-order valence-electron chi connectivity index (χ3n) is 1.96. The molecule has 0 amide bonds. The van der Waals surface area contributed by atoms with Crippen LogP contribution in [0.4, 0.5) is 0 Å². The number of furan rings is 1. The fourth-order valence-corrected chi connectivity index (χ4v) is 1.23. The Hall–Kier alpha value is -0.800. The van der Waals surface area contributed by atoms with Crippen LogP contribution in [0.2, 0.25) is 0 Å². The molecule has 3 nitrogen and oxygen atoms in total. The van der Waals surface area contributed by atoms with Gasteiger partial charge in [0.2, 0.25) is 0 Å². The van der Waals surface area contributed by atoms with Crippen LogP contribution in [0, 0.1) is 0 Å². The lowest BCUT2D eigenvalue weighted by Gasteiger charge is -2.04. The van der Waals surface area contributed by atoms with Gasteiger partial charge in [0.25, 0.3) is 0 Å². The lowest BCUT2D eigenvalue weighted by molar-refractivity contribution is 0.183. The van der Waals surface area contributed by atoms with E-state index in [4.69, 9.17) is 14.9 Å². The van der Waals surface area contributed by atoms with E-state index >= 15 is 0 Å². The topological polar surface area (TPSA) is 48.4 Å². The molecule has 3 heteroatoms. The van der Waals surface area contributed by atoms with Crippen molar-refractivity contribution in [2.45, 2.75) is 32.4 Å². The number of aryl methyl sites for hydroxylation is 1. The first-order valence-electron chi connectivity index (χ1n) is 4.53. The number of nitrogens with two attached hydrogens (primary N) is 1. The molecule has 0 aliphatic carbocycles. The van der Waals surface area contributed by atoms with Gasteiger partial charge < -0.3 is 14.9 Å². The molecule has 0 radical (unpaired) electrons. The molecular formula is C10H17NO2. The minimum atomic E-state index is 0.223. The van der Waals surface area contributed by atoms with Gasteiger partial charge in [-0.1, -0.05) is 0 Å². The number of ether oxygens (including phenoxy) is 1. The Morgan fingerprint density at radius 1 is 1.62 bits per heavy atom. The maximum Gasteiger partial charge on any atom is 0.109 e. The van der Waals surface area contributed by atoms with E-state index < -0.39 is 0 Å². The van der Waals surface area contributed by atoms with Crippen LogP contribution in [0.15, 0.2) is 16.7 Å². The minimum Gasteiger partial charge on any atom is -0.469 e. The maximum atomic E-state index is 5.66. The van der Waals surface area contributed by atoms with E-state index in [2.05, 4.69) is 0 Å². The largest absolute Gasteiger partial charge is 0.469 e. The first kappa shape index (κ1) is 10.3. The third-order valence-corrected chi connectivity index (χ3v) is 1.96. The summed E-state index contributed by atoms with van der Waals surface area (Å²) in [5.74, 6) is 0.999. The van der Waals surface area contributed by atoms with Gasteiger partial charge in [-0.2, -0.15) is 0 Å². The van der Waals surface area contributed by atoms with Crippen LogP contribution in [-0.2, 0) is 17.8 Å². The van der Waals surface area contributed by atoms with Crippen molar-refractivity contribution in [3.05, 3.63) is 23.7 Å². The molecule has 0 saturated heterocycles. The van der Waals surface area contributed by atoms with Gasteiger partial charge in [-0.3, -0.25) is 0 Å². The summed E-state index contributed by atoms with van der Waals surface area (Å²) in [6.07, 6.45) is 3.54. The second-order valence-electron chi connectivity index (χ2n) is 3.32. The van der Waals surface area contributed by atoms with Gasteiger partial charge in [0.05, 0.1) is 12.9 Å². The maximum absolute atomic E-state index is 5.66. The third kappa shape index (κ3) is 3.20. The Morgan fingerprint density at radius 2 is 2.38 bits per heavy atom. The van der Waals surface area contributed by atoms with Gasteiger partial charge in [-0.25, -0.2) is 0 Å². The second kappa shape index (κ2) is 5.04. The zero-order chi connectivity index (χ0) is 9.68. The van der Waals surface area contributed by atoms with Crippen molar-refractivity contribution in [3.63, 3.8) is 0 Å². The Morgan fingerprint density at radius 3 is 3.00 bits per heavy atom. The molecule has 0 saturated carbocycles. The summed E-state index contributed by atoms with van der Waals surface area (Å²) in [5.41, 5.74) is 6.79. The Kier molecular flexibility index (Phi) is 3.99. The van der Waals surface area contributed by atoms with Gasteiger partial charge in [-0.05, 0) is 19.4 Å². The molecule has 0 unspecified atom stereocenters. The Balaban J connectivity index is 2.49. The van der Waals surface area contributed by atoms with Crippen molar-refractivity contribution in [2.24, 2.45) is 5.73 Å². The van der Waals surface area contributed by atoms with Gasteiger partial charge in [0.1, 0.15) is 5.76 Å². The van der Waals surface area contributed by atoms with Gasteiger partial charge in [0.15, 0.2) is 0 Å². The lowest BCUT2D eigenvalue weighted by atomic mass is 10.1. The average Bonchev–Trinajstić information content (AvgIpc) is 2.49. The van der Waals surface area contributed by atoms with Crippen molar-refractivity contribution in [3.8, 4) is 0 Å². The molecule has 2 N–H and O–H groups in total. The summed E-state index contributed by atoms with van der Waals surface area (Å²) in [7, 11) is 1.68. The zero-order valence-electron chi connectivity index (χ0n) is 8.25. The molecule has 0 fully saturated rings. The van der Waals surface area contributed by atoms with Crippen molar-refractivity contribution >= 4 is 0 Å². The molecule has 0 aliphatic rings. The van der Waals surface area contributed by atoms with E-state index in [1.54, 1.807) is 13.4 Å². The zero-order valence-corrected chi connectivity index (χ0v) is 8.25. The van der Waals surface area contributed by atoms with E-state index in [1.165, 1.54) is 0 Å². The molecule has 0 bridgehead atoms. The fraction of sp³-hybridized carbons (Fsp3) is 0.600. The fourth-order valence-electron chi connectivity index (χ4n) is 1.23. The lowest BCUT2D eigenvalue weighted by Crippen LogP contribution is -2.15. The van der Waals surface area contributed by atoms with E-state index in [-0.39, 0.29) is 6.04 Å². The summed E-state index contributed by atoms with van der Waals surface area (Å²) >= 11 is 0. The first-order valence-corrected chi connectivity index (χ1v) is 4.53. The van der Waals surface area contributed by atoms with Crippen LogP contribution in [0.3, 0.4) is 0 Å². The van der Waals surface area contributed by atoms with Crippen molar-refractivity contribution in [1.29, 1.82) is 0 Å². The summed E-state index contributed by atoms with van der Waals surface area (Å²) in [4.78, 5) is 0. The summed E-state index contributed by atoms with van der Waals surface area (Å²) in [6, 6.07) is 2.17. The standard InChI is InChI=1S/C10H17NO2/c1-8(11)3-4-10-9(7-12-2)5-6-13-10/h5-6,8H,3-4,7,11H2,1-2H3/t8-/m0/s1. The van der Waals surface area contributed by atoms with E-state index in [1.807, 2.05) is 13.0 Å². The highest BCUT2D eigenvalue weighted by Crippen LogP contribution is 2.14. The number of hydrogen-bond donors (Lipinski definition) is 1. The quantitative estimate of drug-likeness (QED) is 0.756. The highest BCUT2D eigenvalue weighted by Gasteiger charge is 2.06. The van der Waals surface area contributed by atoms with Crippen LogP contribution in [0.5, 0.6) is 0 Å². The Bertz CT molecular complexity index is 243. The van der Waals surface area contributed by atoms with Crippen LogP contribution in [0.1, 0.15) is 24.7 Å². The van der Waals surface area contributed by atoms with Crippen LogP contribution in [-0.4, -0.2) is 13.2 Å². The molecule has 1 rings (SSSR count). The van der Waals surface area contributed by atoms with Crippen LogP contribution in [0.25, 0.3) is 0 Å². The highest BCUT2D eigenvalue weighted by molar-refractivity contribution is 5.16. The number of rotatable bonds is 5. The highest BCUT2D eigenvalue weighted by atomic mass is 16.5. The van der Waals surface area contributed by atoms with Crippen molar-refractivity contribution < 1.29 is 9.15 Å². The molecule has 0 spiro atoms. The summed E-state index contributed by atoms with van der Waals surface area (Å²) < 4.78 is 10.4. The molecule has 1 atom stereocenters. The minimum absolute atomic E-state index is 0.223. The molecular weight excluding hydrogens is 166 g/mol. The SMILES string of the molecule is COCc1ccoc1CC[C@H](C)N.